The van der Waals surface area contributed by atoms with Crippen molar-refractivity contribution in [3.8, 4) is 0 Å². The molecule has 19 heavy (non-hydrogen) atoms. The summed E-state index contributed by atoms with van der Waals surface area (Å²) >= 11 is 8.40. The smallest absolute Gasteiger partial charge is 0.0542 e. The quantitative estimate of drug-likeness (QED) is 0.766. The van der Waals surface area contributed by atoms with Crippen LogP contribution >= 0.6 is 34.2 Å². The molecule has 0 radical (unpaired) electrons. The molecule has 0 heterocycles. The first-order valence-electron chi connectivity index (χ1n) is 6.43. The summed E-state index contributed by atoms with van der Waals surface area (Å²) in [6.45, 7) is 0. The Morgan fingerprint density at radius 3 is 2.79 bits per heavy atom. The molecule has 0 aromatic heterocycles. The Morgan fingerprint density at radius 1 is 1.26 bits per heavy atom. The van der Waals surface area contributed by atoms with E-state index in [1.165, 1.54) is 11.1 Å². The zero-order valence-electron chi connectivity index (χ0n) is 10.4. The van der Waals surface area contributed by atoms with E-state index in [9.17, 15) is 0 Å². The van der Waals surface area contributed by atoms with Crippen LogP contribution in [0.25, 0.3) is 0 Å². The van der Waals surface area contributed by atoms with E-state index in [2.05, 4.69) is 52.9 Å². The average molecular weight is 384 g/mol. The van der Waals surface area contributed by atoms with E-state index in [1.54, 1.807) is 0 Å². The van der Waals surface area contributed by atoms with Gasteiger partial charge >= 0.3 is 0 Å². The van der Waals surface area contributed by atoms with E-state index in [1.807, 2.05) is 12.1 Å². The molecule has 0 saturated heterocycles. The van der Waals surface area contributed by atoms with Crippen molar-refractivity contribution in [2.75, 3.05) is 0 Å². The minimum absolute atomic E-state index is 0.0628. The molecule has 0 saturated carbocycles. The second-order valence-electron chi connectivity index (χ2n) is 5.12. The number of fused-ring (bicyclic) bond motifs is 1. The number of halogens is 2. The third kappa shape index (κ3) is 2.67. The van der Waals surface area contributed by atoms with Crippen LogP contribution in [0.2, 0.25) is 5.02 Å². The summed E-state index contributed by atoms with van der Waals surface area (Å²) in [5.41, 5.74) is 10.4. The van der Waals surface area contributed by atoms with Crippen molar-refractivity contribution in [3.63, 3.8) is 0 Å². The molecule has 3 heteroatoms. The molecule has 0 fully saturated rings. The van der Waals surface area contributed by atoms with E-state index in [0.717, 1.165) is 27.0 Å². The maximum atomic E-state index is 6.32. The van der Waals surface area contributed by atoms with Crippen molar-refractivity contribution in [1.82, 2.24) is 0 Å². The molecule has 1 nitrogen and oxygen atoms in total. The lowest BCUT2D eigenvalue weighted by atomic mass is 9.74. The first kappa shape index (κ1) is 13.4. The average Bonchev–Trinajstić information content (AvgIpc) is 2.39. The first-order valence-corrected chi connectivity index (χ1v) is 7.89. The van der Waals surface area contributed by atoms with Gasteiger partial charge in [0.2, 0.25) is 0 Å². The van der Waals surface area contributed by atoms with Gasteiger partial charge in [-0.25, -0.2) is 0 Å². The van der Waals surface area contributed by atoms with Crippen LogP contribution in [-0.2, 0) is 6.42 Å². The highest BCUT2D eigenvalue weighted by molar-refractivity contribution is 14.1. The van der Waals surface area contributed by atoms with E-state index in [4.69, 9.17) is 17.3 Å². The molecule has 1 aliphatic carbocycles. The maximum Gasteiger partial charge on any atom is 0.0542 e. The summed E-state index contributed by atoms with van der Waals surface area (Å²) in [6.07, 6.45) is 2.15. The van der Waals surface area contributed by atoms with Gasteiger partial charge in [0, 0.05) is 9.61 Å². The molecule has 2 unspecified atom stereocenters. The fraction of sp³-hybridized carbons (Fsp3) is 0.250. The molecule has 3 rings (SSSR count). The summed E-state index contributed by atoms with van der Waals surface area (Å²) in [7, 11) is 0. The number of hydrogen-bond donors (Lipinski definition) is 1. The lowest BCUT2D eigenvalue weighted by Gasteiger charge is -2.32. The van der Waals surface area contributed by atoms with Gasteiger partial charge in [-0.1, -0.05) is 41.9 Å². The molecule has 0 aliphatic heterocycles. The summed E-state index contributed by atoms with van der Waals surface area (Å²) in [5, 5.41) is 0.794. The molecular formula is C16H15ClIN. The Labute approximate surface area is 132 Å². The van der Waals surface area contributed by atoms with Crippen LogP contribution in [-0.4, -0.2) is 0 Å². The minimum atomic E-state index is 0.0628. The molecular weight excluding hydrogens is 369 g/mol. The van der Waals surface area contributed by atoms with Crippen LogP contribution in [0.5, 0.6) is 0 Å². The van der Waals surface area contributed by atoms with Crippen LogP contribution in [0.4, 0.5) is 0 Å². The lowest BCUT2D eigenvalue weighted by Crippen LogP contribution is -2.22. The van der Waals surface area contributed by atoms with Crippen molar-refractivity contribution in [1.29, 1.82) is 0 Å². The Bertz CT molecular complexity index is 611. The second-order valence-corrected chi connectivity index (χ2v) is 6.68. The molecule has 2 N–H and O–H groups in total. The molecule has 1 aliphatic rings. The number of rotatable bonds is 3. The normalized spacial score (nSPS) is 18.6. The Balaban J connectivity index is 1.73. The molecule has 0 bridgehead atoms. The SMILES string of the molecule is NC(CC1Cc2ccccc21)c1ccc(I)c(Cl)c1. The molecule has 98 valence electrons. The molecule has 2 aromatic carbocycles. The number of hydrogen-bond acceptors (Lipinski definition) is 1. The highest BCUT2D eigenvalue weighted by atomic mass is 127. The van der Waals surface area contributed by atoms with Gasteiger partial charge in [0.15, 0.2) is 0 Å². The second kappa shape index (κ2) is 5.43. The lowest BCUT2D eigenvalue weighted by molar-refractivity contribution is 0.498. The number of benzene rings is 2. The molecule has 0 spiro atoms. The topological polar surface area (TPSA) is 26.0 Å². The van der Waals surface area contributed by atoms with Crippen LogP contribution in [0.3, 0.4) is 0 Å². The van der Waals surface area contributed by atoms with E-state index in [-0.39, 0.29) is 6.04 Å². The Hall–Kier alpha value is -0.580. The van der Waals surface area contributed by atoms with Gasteiger partial charge in [0.25, 0.3) is 0 Å². The Morgan fingerprint density at radius 2 is 2.05 bits per heavy atom. The van der Waals surface area contributed by atoms with Gasteiger partial charge in [-0.15, -0.1) is 0 Å². The van der Waals surface area contributed by atoms with Crippen LogP contribution < -0.4 is 5.73 Å². The predicted molar refractivity (Wildman–Crippen MR) is 88.6 cm³/mol. The largest absolute Gasteiger partial charge is 0.324 e. The van der Waals surface area contributed by atoms with Gasteiger partial charge in [0.1, 0.15) is 0 Å². The summed E-state index contributed by atoms with van der Waals surface area (Å²) in [4.78, 5) is 0. The van der Waals surface area contributed by atoms with Crippen molar-refractivity contribution < 1.29 is 0 Å². The minimum Gasteiger partial charge on any atom is -0.324 e. The van der Waals surface area contributed by atoms with Crippen molar-refractivity contribution in [3.05, 3.63) is 67.7 Å². The van der Waals surface area contributed by atoms with E-state index >= 15 is 0 Å². The third-order valence-corrected chi connectivity index (χ3v) is 5.44. The van der Waals surface area contributed by atoms with Crippen LogP contribution in [0, 0.1) is 3.57 Å². The van der Waals surface area contributed by atoms with Crippen LogP contribution in [0.15, 0.2) is 42.5 Å². The van der Waals surface area contributed by atoms with Crippen molar-refractivity contribution >= 4 is 34.2 Å². The predicted octanol–water partition coefficient (Wildman–Crippen LogP) is 4.67. The first-order chi connectivity index (χ1) is 9.15. The van der Waals surface area contributed by atoms with E-state index in [0.29, 0.717) is 5.92 Å². The molecule has 2 atom stereocenters. The molecule has 2 aromatic rings. The Kier molecular flexibility index (Phi) is 3.83. The highest BCUT2D eigenvalue weighted by Crippen LogP contribution is 2.40. The van der Waals surface area contributed by atoms with Crippen molar-refractivity contribution in [2.45, 2.75) is 24.8 Å². The van der Waals surface area contributed by atoms with Gasteiger partial charge < -0.3 is 5.73 Å². The van der Waals surface area contributed by atoms with Gasteiger partial charge in [0.05, 0.1) is 5.02 Å². The standard InChI is InChI=1S/C16H15ClIN/c17-14-8-11(5-6-15(14)18)16(19)9-12-7-10-3-1-2-4-13(10)12/h1-6,8,12,16H,7,9,19H2. The summed E-state index contributed by atoms with van der Waals surface area (Å²) < 4.78 is 1.07. The highest BCUT2D eigenvalue weighted by Gasteiger charge is 2.27. The fourth-order valence-electron chi connectivity index (χ4n) is 2.76. The van der Waals surface area contributed by atoms with Crippen molar-refractivity contribution in [2.24, 2.45) is 5.73 Å². The zero-order valence-corrected chi connectivity index (χ0v) is 13.4. The van der Waals surface area contributed by atoms with E-state index < -0.39 is 0 Å². The fourth-order valence-corrected chi connectivity index (χ4v) is 3.28. The molecule has 0 amide bonds. The van der Waals surface area contributed by atoms with Crippen LogP contribution in [0.1, 0.15) is 35.1 Å². The van der Waals surface area contributed by atoms with Gasteiger partial charge in [-0.2, -0.15) is 0 Å². The monoisotopic (exact) mass is 383 g/mol. The maximum absolute atomic E-state index is 6.32. The third-order valence-electron chi connectivity index (χ3n) is 3.87. The number of nitrogens with two attached hydrogens (primary N) is 1. The zero-order chi connectivity index (χ0) is 13.4. The summed E-state index contributed by atoms with van der Waals surface area (Å²) in [6, 6.07) is 14.8. The van der Waals surface area contributed by atoms with Gasteiger partial charge in [-0.3, -0.25) is 0 Å². The summed E-state index contributed by atoms with van der Waals surface area (Å²) in [5.74, 6) is 0.601. The van der Waals surface area contributed by atoms with Gasteiger partial charge in [-0.05, 0) is 70.2 Å².